The van der Waals surface area contributed by atoms with Gasteiger partial charge in [-0.05, 0) is 58.1 Å². The highest BCUT2D eigenvalue weighted by atomic mass is 16.6. The molecule has 5 nitrogen and oxygen atoms in total. The van der Waals surface area contributed by atoms with Crippen LogP contribution in [0.1, 0.15) is 50.7 Å². The van der Waals surface area contributed by atoms with Crippen LogP contribution in [0.5, 0.6) is 5.75 Å². The van der Waals surface area contributed by atoms with E-state index in [1.165, 1.54) is 11.1 Å². The summed E-state index contributed by atoms with van der Waals surface area (Å²) in [6.07, 6.45) is 1.62. The number of nitrogens with two attached hydrogens (primary N) is 1. The van der Waals surface area contributed by atoms with E-state index in [1.54, 1.807) is 4.90 Å². The molecule has 24 heavy (non-hydrogen) atoms. The minimum absolute atomic E-state index is 0.218. The average Bonchev–Trinajstić information content (AvgIpc) is 2.52. The van der Waals surface area contributed by atoms with Crippen LogP contribution >= 0.6 is 0 Å². The van der Waals surface area contributed by atoms with E-state index in [-0.39, 0.29) is 6.09 Å². The molecule has 0 bridgehead atoms. The van der Waals surface area contributed by atoms with Crippen LogP contribution in [0.2, 0.25) is 0 Å². The number of hydrogen-bond acceptors (Lipinski definition) is 4. The maximum absolute atomic E-state index is 12.2. The summed E-state index contributed by atoms with van der Waals surface area (Å²) >= 11 is 0. The molecule has 0 spiro atoms. The van der Waals surface area contributed by atoms with Crippen LogP contribution in [0.4, 0.5) is 4.79 Å². The molecule has 0 atom stereocenters. The summed E-state index contributed by atoms with van der Waals surface area (Å²) in [7, 11) is 0. The number of benzene rings is 1. The molecule has 1 saturated heterocycles. The summed E-state index contributed by atoms with van der Waals surface area (Å²) in [6.45, 7) is 10.2. The van der Waals surface area contributed by atoms with Crippen molar-refractivity contribution in [2.24, 2.45) is 5.73 Å². The van der Waals surface area contributed by atoms with Crippen molar-refractivity contribution >= 4 is 6.09 Å². The quantitative estimate of drug-likeness (QED) is 0.916. The Morgan fingerprint density at radius 2 is 1.96 bits per heavy atom. The summed E-state index contributed by atoms with van der Waals surface area (Å²) in [4.78, 5) is 14.0. The number of likely N-dealkylation sites (tertiary alicyclic amines) is 1. The van der Waals surface area contributed by atoms with Gasteiger partial charge in [0, 0.05) is 19.6 Å². The maximum Gasteiger partial charge on any atom is 0.410 e. The third kappa shape index (κ3) is 5.13. The lowest BCUT2D eigenvalue weighted by Crippen LogP contribution is -2.41. The van der Waals surface area contributed by atoms with Crippen LogP contribution in [-0.4, -0.2) is 42.8 Å². The summed E-state index contributed by atoms with van der Waals surface area (Å²) in [5.74, 6) is 1.32. The highest BCUT2D eigenvalue weighted by Gasteiger charge is 2.28. The first-order valence-corrected chi connectivity index (χ1v) is 8.71. The van der Waals surface area contributed by atoms with Crippen molar-refractivity contribution in [1.29, 1.82) is 0 Å². The Kier molecular flexibility index (Phi) is 6.10. The topological polar surface area (TPSA) is 64.8 Å². The minimum atomic E-state index is -0.451. The third-order valence-corrected chi connectivity index (χ3v) is 4.13. The molecule has 1 aliphatic rings. The molecular weight excluding hydrogens is 304 g/mol. The van der Waals surface area contributed by atoms with E-state index in [1.807, 2.05) is 26.8 Å². The van der Waals surface area contributed by atoms with Crippen LogP contribution in [-0.2, 0) is 4.74 Å². The van der Waals surface area contributed by atoms with Crippen molar-refractivity contribution in [2.45, 2.75) is 52.1 Å². The summed E-state index contributed by atoms with van der Waals surface area (Å²) in [6, 6.07) is 6.28. The maximum atomic E-state index is 12.2. The van der Waals surface area contributed by atoms with Gasteiger partial charge in [-0.1, -0.05) is 17.7 Å². The van der Waals surface area contributed by atoms with Crippen molar-refractivity contribution in [3.63, 3.8) is 0 Å². The highest BCUT2D eigenvalue weighted by molar-refractivity contribution is 5.68. The van der Waals surface area contributed by atoms with Crippen molar-refractivity contribution in [2.75, 3.05) is 26.2 Å². The summed E-state index contributed by atoms with van der Waals surface area (Å²) < 4.78 is 11.3. The fraction of sp³-hybridized carbons (Fsp3) is 0.632. The molecule has 1 amide bonds. The molecule has 1 aliphatic heterocycles. The van der Waals surface area contributed by atoms with Crippen molar-refractivity contribution < 1.29 is 14.3 Å². The molecule has 134 valence electrons. The minimum Gasteiger partial charge on any atom is -0.492 e. The zero-order valence-electron chi connectivity index (χ0n) is 15.3. The Labute approximate surface area is 145 Å². The van der Waals surface area contributed by atoms with Gasteiger partial charge >= 0.3 is 6.09 Å². The second kappa shape index (κ2) is 7.88. The van der Waals surface area contributed by atoms with Crippen molar-refractivity contribution in [3.8, 4) is 5.75 Å². The number of piperidine rings is 1. The van der Waals surface area contributed by atoms with Gasteiger partial charge in [0.1, 0.15) is 18.0 Å². The Morgan fingerprint density at radius 1 is 1.29 bits per heavy atom. The molecule has 2 N–H and O–H groups in total. The first-order chi connectivity index (χ1) is 11.3. The van der Waals surface area contributed by atoms with Gasteiger partial charge in [0.25, 0.3) is 0 Å². The zero-order valence-corrected chi connectivity index (χ0v) is 15.3. The molecule has 1 fully saturated rings. The zero-order chi connectivity index (χ0) is 17.7. The van der Waals surface area contributed by atoms with Gasteiger partial charge in [-0.15, -0.1) is 0 Å². The lowest BCUT2D eigenvalue weighted by molar-refractivity contribution is 0.0204. The Balaban J connectivity index is 2.01. The predicted octanol–water partition coefficient (Wildman–Crippen LogP) is 3.45. The van der Waals surface area contributed by atoms with E-state index in [0.717, 1.165) is 18.6 Å². The molecule has 0 aromatic heterocycles. The van der Waals surface area contributed by atoms with Crippen LogP contribution in [0.15, 0.2) is 18.2 Å². The molecule has 1 heterocycles. The van der Waals surface area contributed by atoms with E-state index >= 15 is 0 Å². The Morgan fingerprint density at radius 3 is 2.54 bits per heavy atom. The van der Waals surface area contributed by atoms with Gasteiger partial charge in [-0.3, -0.25) is 0 Å². The number of rotatable bonds is 4. The normalized spacial score (nSPS) is 16.1. The second-order valence-electron chi connectivity index (χ2n) is 7.42. The Bertz CT molecular complexity index is 558. The predicted molar refractivity (Wildman–Crippen MR) is 95.5 cm³/mol. The van der Waals surface area contributed by atoms with Gasteiger partial charge < -0.3 is 20.1 Å². The van der Waals surface area contributed by atoms with Crippen LogP contribution in [0, 0.1) is 6.92 Å². The van der Waals surface area contributed by atoms with Crippen molar-refractivity contribution in [1.82, 2.24) is 4.90 Å². The molecule has 0 unspecified atom stereocenters. The average molecular weight is 334 g/mol. The van der Waals surface area contributed by atoms with Gasteiger partial charge in [0.05, 0.1) is 0 Å². The SMILES string of the molecule is Cc1ccc(OCCN)c(C2CCN(C(=O)OC(C)(C)C)CC2)c1. The lowest BCUT2D eigenvalue weighted by Gasteiger charge is -2.34. The summed E-state index contributed by atoms with van der Waals surface area (Å²) in [5.41, 5.74) is 7.55. The second-order valence-corrected chi connectivity index (χ2v) is 7.42. The molecule has 2 rings (SSSR count). The van der Waals surface area contributed by atoms with Gasteiger partial charge in [0.2, 0.25) is 0 Å². The molecule has 1 aromatic rings. The lowest BCUT2D eigenvalue weighted by atomic mass is 9.88. The first kappa shape index (κ1) is 18.6. The molecule has 1 aromatic carbocycles. The number of carbonyl (C=O) groups excluding carboxylic acids is 1. The van der Waals surface area contributed by atoms with Gasteiger partial charge in [-0.2, -0.15) is 0 Å². The van der Waals surface area contributed by atoms with Crippen LogP contribution < -0.4 is 10.5 Å². The van der Waals surface area contributed by atoms with E-state index < -0.39 is 5.60 Å². The number of carbonyl (C=O) groups is 1. The van der Waals surface area contributed by atoms with E-state index in [0.29, 0.717) is 32.2 Å². The van der Waals surface area contributed by atoms with Crippen LogP contribution in [0.3, 0.4) is 0 Å². The number of ether oxygens (including phenoxy) is 2. The summed E-state index contributed by atoms with van der Waals surface area (Å²) in [5, 5.41) is 0. The van der Waals surface area contributed by atoms with E-state index in [4.69, 9.17) is 15.2 Å². The smallest absolute Gasteiger partial charge is 0.410 e. The first-order valence-electron chi connectivity index (χ1n) is 8.71. The standard InChI is InChI=1S/C19H30N2O3/c1-14-5-6-17(23-12-9-20)16(13-14)15-7-10-21(11-8-15)18(22)24-19(2,3)4/h5-6,13,15H,7-12,20H2,1-4H3. The van der Waals surface area contributed by atoms with Crippen LogP contribution in [0.25, 0.3) is 0 Å². The molecule has 5 heteroatoms. The fourth-order valence-corrected chi connectivity index (χ4v) is 2.99. The molecule has 0 radical (unpaired) electrons. The fourth-order valence-electron chi connectivity index (χ4n) is 2.99. The molecule has 0 aliphatic carbocycles. The monoisotopic (exact) mass is 334 g/mol. The van der Waals surface area contributed by atoms with Crippen molar-refractivity contribution in [3.05, 3.63) is 29.3 Å². The largest absolute Gasteiger partial charge is 0.492 e. The van der Waals surface area contributed by atoms with E-state index in [9.17, 15) is 4.79 Å². The number of hydrogen-bond donors (Lipinski definition) is 1. The van der Waals surface area contributed by atoms with Gasteiger partial charge in [0.15, 0.2) is 0 Å². The number of aryl methyl sites for hydroxylation is 1. The van der Waals surface area contributed by atoms with E-state index in [2.05, 4.69) is 19.1 Å². The Hall–Kier alpha value is -1.75. The third-order valence-electron chi connectivity index (χ3n) is 4.13. The molecule has 0 saturated carbocycles. The number of amides is 1. The number of nitrogens with zero attached hydrogens (tertiary/aromatic N) is 1. The highest BCUT2D eigenvalue weighted by Crippen LogP contribution is 2.35. The molecular formula is C19H30N2O3. The van der Waals surface area contributed by atoms with Gasteiger partial charge in [-0.25, -0.2) is 4.79 Å².